The van der Waals surface area contributed by atoms with Gasteiger partial charge in [-0.25, -0.2) is 26.3 Å². The molecule has 19 heavy (non-hydrogen) atoms. The highest BCUT2D eigenvalue weighted by molar-refractivity contribution is 7.89. The van der Waals surface area contributed by atoms with Crippen molar-refractivity contribution in [2.24, 2.45) is 0 Å². The Morgan fingerprint density at radius 2 is 1.84 bits per heavy atom. The van der Waals surface area contributed by atoms with E-state index >= 15 is 0 Å². The summed E-state index contributed by atoms with van der Waals surface area (Å²) in [4.78, 5) is -1.24. The molecule has 1 atom stereocenters. The van der Waals surface area contributed by atoms with Gasteiger partial charge in [0.1, 0.15) is 17.5 Å². The van der Waals surface area contributed by atoms with Gasteiger partial charge in [-0.1, -0.05) is 0 Å². The third-order valence-electron chi connectivity index (χ3n) is 2.07. The number of nitrogens with one attached hydrogen (secondary N) is 1. The van der Waals surface area contributed by atoms with Crippen molar-refractivity contribution < 1.29 is 26.3 Å². The Morgan fingerprint density at radius 3 is 2.32 bits per heavy atom. The van der Waals surface area contributed by atoms with Gasteiger partial charge in [0.15, 0.2) is 4.90 Å². The van der Waals surface area contributed by atoms with Gasteiger partial charge in [-0.3, -0.25) is 0 Å². The minimum atomic E-state index is -4.46. The molecule has 4 nitrogen and oxygen atoms in total. The average Bonchev–Trinajstić information content (AvgIpc) is 2.25. The lowest BCUT2D eigenvalue weighted by Crippen LogP contribution is -2.32. The van der Waals surface area contributed by atoms with Crippen LogP contribution in [0, 0.1) is 17.5 Å². The van der Waals surface area contributed by atoms with Crippen molar-refractivity contribution >= 4 is 21.6 Å². The zero-order chi connectivity index (χ0) is 14.6. The second kappa shape index (κ2) is 6.56. The zero-order valence-electron chi connectivity index (χ0n) is 9.79. The molecule has 0 spiro atoms. The molecular formula is C10H11ClF3NO3S. The van der Waals surface area contributed by atoms with Crippen LogP contribution in [0.4, 0.5) is 13.2 Å². The fourth-order valence-electron chi connectivity index (χ4n) is 1.30. The summed E-state index contributed by atoms with van der Waals surface area (Å²) in [5.74, 6) is -4.23. The molecule has 0 aromatic heterocycles. The van der Waals surface area contributed by atoms with Crippen molar-refractivity contribution in [3.8, 4) is 0 Å². The Kier molecular flexibility index (Phi) is 5.60. The highest BCUT2D eigenvalue weighted by Gasteiger charge is 2.25. The van der Waals surface area contributed by atoms with E-state index in [1.165, 1.54) is 7.11 Å². The zero-order valence-corrected chi connectivity index (χ0v) is 11.4. The summed E-state index contributed by atoms with van der Waals surface area (Å²) in [6.45, 7) is -0.230. The van der Waals surface area contributed by atoms with E-state index < -0.39 is 37.7 Å². The quantitative estimate of drug-likeness (QED) is 0.812. The molecule has 0 bridgehead atoms. The van der Waals surface area contributed by atoms with Gasteiger partial charge < -0.3 is 4.74 Å². The first kappa shape index (κ1) is 16.2. The molecule has 0 saturated carbocycles. The minimum Gasteiger partial charge on any atom is -0.383 e. The van der Waals surface area contributed by atoms with E-state index in [2.05, 4.69) is 4.74 Å². The summed E-state index contributed by atoms with van der Waals surface area (Å²) in [6, 6.07) is 0.565. The summed E-state index contributed by atoms with van der Waals surface area (Å²) in [5.41, 5.74) is 0. The number of alkyl halides is 1. The van der Waals surface area contributed by atoms with Gasteiger partial charge in [0.2, 0.25) is 10.0 Å². The van der Waals surface area contributed by atoms with Crippen LogP contribution in [-0.2, 0) is 14.8 Å². The van der Waals surface area contributed by atoms with Crippen LogP contribution in [0.25, 0.3) is 0 Å². The third kappa shape index (κ3) is 4.34. The number of sulfonamides is 1. The van der Waals surface area contributed by atoms with Crippen LogP contribution in [0.15, 0.2) is 17.0 Å². The first-order valence-electron chi connectivity index (χ1n) is 5.05. The first-order chi connectivity index (χ1) is 8.77. The molecule has 0 aliphatic rings. The molecular weight excluding hydrogens is 307 g/mol. The van der Waals surface area contributed by atoms with E-state index in [-0.39, 0.29) is 25.3 Å². The van der Waals surface area contributed by atoms with Gasteiger partial charge in [-0.2, -0.15) is 0 Å². The molecule has 0 radical (unpaired) electrons. The lowest BCUT2D eigenvalue weighted by molar-refractivity contribution is 0.198. The maximum atomic E-state index is 13.3. The van der Waals surface area contributed by atoms with Crippen LogP contribution in [0.5, 0.6) is 0 Å². The number of hydrogen-bond acceptors (Lipinski definition) is 3. The summed E-state index contributed by atoms with van der Waals surface area (Å²) in [7, 11) is -3.09. The second-order valence-corrected chi connectivity index (χ2v) is 5.92. The number of benzene rings is 1. The van der Waals surface area contributed by atoms with Crippen molar-refractivity contribution in [1.82, 2.24) is 4.72 Å². The van der Waals surface area contributed by atoms with E-state index in [0.717, 1.165) is 0 Å². The number of halogens is 4. The molecule has 0 aliphatic heterocycles. The fourth-order valence-corrected chi connectivity index (χ4v) is 2.79. The van der Waals surface area contributed by atoms with Crippen molar-refractivity contribution in [2.45, 2.75) is 10.3 Å². The molecule has 0 heterocycles. The summed E-state index contributed by atoms with van der Waals surface area (Å²) < 4.78 is 69.3. The van der Waals surface area contributed by atoms with Gasteiger partial charge >= 0.3 is 0 Å². The molecule has 0 fully saturated rings. The number of ether oxygens (including phenoxy) is 1. The molecule has 1 unspecified atom stereocenters. The SMILES string of the molecule is COCC(Cl)CNS(=O)(=O)c1c(F)cc(F)cc1F. The summed E-state index contributed by atoms with van der Waals surface area (Å²) in [5, 5.41) is -0.702. The Hall–Kier alpha value is -0.830. The van der Waals surface area contributed by atoms with Crippen LogP contribution >= 0.6 is 11.6 Å². The van der Waals surface area contributed by atoms with Crippen molar-refractivity contribution in [3.63, 3.8) is 0 Å². The smallest absolute Gasteiger partial charge is 0.246 e. The molecule has 1 aromatic carbocycles. The number of methoxy groups -OCH3 is 1. The highest BCUT2D eigenvalue weighted by atomic mass is 35.5. The van der Waals surface area contributed by atoms with Gasteiger partial charge in [0, 0.05) is 25.8 Å². The standard InChI is InChI=1S/C10H11ClF3NO3S/c1-18-5-6(11)4-15-19(16,17)10-8(13)2-7(12)3-9(10)14/h2-3,6,15H,4-5H2,1H3. The van der Waals surface area contributed by atoms with E-state index in [1.807, 2.05) is 4.72 Å². The Balaban J connectivity index is 2.95. The summed E-state index contributed by atoms with van der Waals surface area (Å²) >= 11 is 5.68. The van der Waals surface area contributed by atoms with Gasteiger partial charge in [0.05, 0.1) is 12.0 Å². The molecule has 0 saturated heterocycles. The van der Waals surface area contributed by atoms with Crippen LogP contribution in [0.2, 0.25) is 0 Å². The normalized spacial score (nSPS) is 13.5. The minimum absolute atomic E-state index is 0.0540. The molecule has 9 heteroatoms. The van der Waals surface area contributed by atoms with Crippen LogP contribution < -0.4 is 4.72 Å². The average molecular weight is 318 g/mol. The van der Waals surface area contributed by atoms with Gasteiger partial charge in [0.25, 0.3) is 0 Å². The van der Waals surface area contributed by atoms with Crippen molar-refractivity contribution in [2.75, 3.05) is 20.3 Å². The molecule has 0 aliphatic carbocycles. The lowest BCUT2D eigenvalue weighted by atomic mass is 10.3. The summed E-state index contributed by atoms with van der Waals surface area (Å²) in [6.07, 6.45) is 0. The third-order valence-corrected chi connectivity index (χ3v) is 3.83. The van der Waals surface area contributed by atoms with E-state index in [4.69, 9.17) is 11.6 Å². The topological polar surface area (TPSA) is 55.4 Å². The van der Waals surface area contributed by atoms with Gasteiger partial charge in [-0.15, -0.1) is 11.6 Å². The molecule has 1 aromatic rings. The Bertz CT molecular complexity index is 530. The largest absolute Gasteiger partial charge is 0.383 e. The van der Waals surface area contributed by atoms with Crippen LogP contribution in [-0.4, -0.2) is 34.1 Å². The predicted octanol–water partition coefficient (Wildman–Crippen LogP) is 1.64. The highest BCUT2D eigenvalue weighted by Crippen LogP contribution is 2.19. The van der Waals surface area contributed by atoms with Crippen molar-refractivity contribution in [3.05, 3.63) is 29.6 Å². The molecule has 1 rings (SSSR count). The van der Waals surface area contributed by atoms with Crippen molar-refractivity contribution in [1.29, 1.82) is 0 Å². The monoisotopic (exact) mass is 317 g/mol. The van der Waals surface area contributed by atoms with E-state index in [1.54, 1.807) is 0 Å². The first-order valence-corrected chi connectivity index (χ1v) is 6.97. The predicted molar refractivity (Wildman–Crippen MR) is 63.0 cm³/mol. The lowest BCUT2D eigenvalue weighted by Gasteiger charge is -2.11. The maximum Gasteiger partial charge on any atom is 0.246 e. The van der Waals surface area contributed by atoms with Gasteiger partial charge in [-0.05, 0) is 0 Å². The van der Waals surface area contributed by atoms with E-state index in [9.17, 15) is 21.6 Å². The second-order valence-electron chi connectivity index (χ2n) is 3.60. The molecule has 108 valence electrons. The number of rotatable bonds is 6. The van der Waals surface area contributed by atoms with Crippen LogP contribution in [0.3, 0.4) is 0 Å². The fraction of sp³-hybridized carbons (Fsp3) is 0.400. The Morgan fingerprint density at radius 1 is 1.32 bits per heavy atom. The Labute approximate surface area is 113 Å². The van der Waals surface area contributed by atoms with E-state index in [0.29, 0.717) is 0 Å². The molecule has 1 N–H and O–H groups in total. The number of hydrogen-bond donors (Lipinski definition) is 1. The molecule has 0 amide bonds. The van der Waals surface area contributed by atoms with Crippen LogP contribution in [0.1, 0.15) is 0 Å². The maximum absolute atomic E-state index is 13.3.